The molecule has 0 saturated carbocycles. The van der Waals surface area contributed by atoms with Crippen molar-refractivity contribution in [1.82, 2.24) is 9.21 Å². The summed E-state index contributed by atoms with van der Waals surface area (Å²) in [4.78, 5) is 14.1. The Balaban J connectivity index is 2.01. The number of benzene rings is 2. The zero-order valence-corrected chi connectivity index (χ0v) is 17.5. The number of amides is 1. The Morgan fingerprint density at radius 1 is 0.962 bits per heavy atom. The van der Waals surface area contributed by atoms with Gasteiger partial charge in [0, 0.05) is 25.1 Å². The highest BCUT2D eigenvalue weighted by molar-refractivity contribution is 9.10. The molecule has 2 rings (SSSR count). The van der Waals surface area contributed by atoms with Crippen LogP contribution in [0.1, 0.15) is 18.1 Å². The first-order valence-electron chi connectivity index (χ1n) is 8.27. The van der Waals surface area contributed by atoms with Crippen LogP contribution in [0, 0.1) is 0 Å². The number of likely N-dealkylation sites (N-methyl/N-ethyl adjacent to an activating group) is 2. The Morgan fingerprint density at radius 2 is 1.50 bits per heavy atom. The molecule has 0 radical (unpaired) electrons. The van der Waals surface area contributed by atoms with Crippen LogP contribution in [0.15, 0.2) is 57.9 Å². The minimum Gasteiger partial charge on any atom is -0.340 e. The molecule has 0 aliphatic heterocycles. The van der Waals surface area contributed by atoms with Crippen LogP contribution >= 0.6 is 15.9 Å². The van der Waals surface area contributed by atoms with Crippen molar-refractivity contribution in [1.29, 1.82) is 0 Å². The van der Waals surface area contributed by atoms with E-state index >= 15 is 0 Å². The van der Waals surface area contributed by atoms with Crippen LogP contribution in [0.5, 0.6) is 0 Å². The third-order valence-corrected chi connectivity index (χ3v) is 6.50. The van der Waals surface area contributed by atoms with Crippen LogP contribution < -0.4 is 0 Å². The lowest BCUT2D eigenvalue weighted by atomic mass is 10.1. The molecule has 0 unspecified atom stereocenters. The Hall–Kier alpha value is -1.70. The average molecular weight is 439 g/mol. The molecule has 0 atom stereocenters. The standard InChI is InChI=1S/C19H23BrN2O3S/c1-4-15-5-7-16(8-6-15)13-21(2)19(23)14-22(3)26(24,25)18-11-9-17(20)10-12-18/h5-12H,4,13-14H2,1-3H3. The van der Waals surface area contributed by atoms with Gasteiger partial charge in [0.25, 0.3) is 0 Å². The van der Waals surface area contributed by atoms with Crippen molar-refractivity contribution in [2.75, 3.05) is 20.6 Å². The van der Waals surface area contributed by atoms with Crippen molar-refractivity contribution in [3.8, 4) is 0 Å². The number of carbonyl (C=O) groups is 1. The van der Waals surface area contributed by atoms with Gasteiger partial charge in [-0.1, -0.05) is 47.1 Å². The van der Waals surface area contributed by atoms with Gasteiger partial charge in [0.15, 0.2) is 0 Å². The lowest BCUT2D eigenvalue weighted by Crippen LogP contribution is -2.39. The van der Waals surface area contributed by atoms with Crippen molar-refractivity contribution < 1.29 is 13.2 Å². The second kappa shape index (κ2) is 8.79. The highest BCUT2D eigenvalue weighted by atomic mass is 79.9. The summed E-state index contributed by atoms with van der Waals surface area (Å²) < 4.78 is 27.0. The molecule has 2 aromatic rings. The summed E-state index contributed by atoms with van der Waals surface area (Å²) >= 11 is 3.28. The van der Waals surface area contributed by atoms with Crippen LogP contribution in [0.3, 0.4) is 0 Å². The van der Waals surface area contributed by atoms with Crippen molar-refractivity contribution >= 4 is 31.9 Å². The molecule has 0 aliphatic carbocycles. The van der Waals surface area contributed by atoms with Crippen LogP contribution in [-0.2, 0) is 27.8 Å². The molecule has 0 fully saturated rings. The predicted molar refractivity (Wildman–Crippen MR) is 106 cm³/mol. The number of nitrogens with zero attached hydrogens (tertiary/aromatic N) is 2. The molecule has 7 heteroatoms. The molecule has 0 saturated heterocycles. The van der Waals surface area contributed by atoms with E-state index in [2.05, 4.69) is 22.9 Å². The number of hydrogen-bond acceptors (Lipinski definition) is 3. The molecule has 0 aromatic heterocycles. The third-order valence-electron chi connectivity index (χ3n) is 4.16. The van der Waals surface area contributed by atoms with E-state index in [1.165, 1.54) is 29.6 Å². The molecule has 0 aliphatic rings. The molecular formula is C19H23BrN2O3S. The smallest absolute Gasteiger partial charge is 0.243 e. The first kappa shape index (κ1) is 20.6. The molecule has 1 amide bonds. The van der Waals surface area contributed by atoms with Crippen molar-refractivity contribution in [2.45, 2.75) is 24.8 Å². The van der Waals surface area contributed by atoms with E-state index in [-0.39, 0.29) is 17.3 Å². The second-order valence-corrected chi connectivity index (χ2v) is 9.10. The van der Waals surface area contributed by atoms with E-state index in [4.69, 9.17) is 0 Å². The predicted octanol–water partition coefficient (Wildman–Crippen LogP) is 3.29. The maximum atomic E-state index is 12.6. The second-order valence-electron chi connectivity index (χ2n) is 6.13. The minimum absolute atomic E-state index is 0.161. The monoisotopic (exact) mass is 438 g/mol. The van der Waals surface area contributed by atoms with Crippen LogP contribution in [0.2, 0.25) is 0 Å². The Labute approximate surface area is 163 Å². The SMILES string of the molecule is CCc1ccc(CN(C)C(=O)CN(C)S(=O)(=O)c2ccc(Br)cc2)cc1. The minimum atomic E-state index is -3.70. The quantitative estimate of drug-likeness (QED) is 0.666. The molecule has 0 heterocycles. The summed E-state index contributed by atoms with van der Waals surface area (Å²) in [6.45, 7) is 2.32. The summed E-state index contributed by atoms with van der Waals surface area (Å²) in [6, 6.07) is 14.4. The van der Waals surface area contributed by atoms with E-state index in [0.29, 0.717) is 6.54 Å². The van der Waals surface area contributed by atoms with E-state index in [1.807, 2.05) is 24.3 Å². The zero-order valence-electron chi connectivity index (χ0n) is 15.1. The Morgan fingerprint density at radius 3 is 2.04 bits per heavy atom. The maximum absolute atomic E-state index is 12.6. The number of aryl methyl sites for hydroxylation is 1. The molecule has 5 nitrogen and oxygen atoms in total. The van der Waals surface area contributed by atoms with Crippen molar-refractivity contribution in [3.63, 3.8) is 0 Å². The van der Waals surface area contributed by atoms with Gasteiger partial charge in [0.1, 0.15) is 0 Å². The lowest BCUT2D eigenvalue weighted by molar-refractivity contribution is -0.130. The van der Waals surface area contributed by atoms with Gasteiger partial charge in [-0.15, -0.1) is 0 Å². The summed E-state index contributed by atoms with van der Waals surface area (Å²) in [5.74, 6) is -0.257. The maximum Gasteiger partial charge on any atom is 0.243 e. The molecule has 0 spiro atoms. The Bertz CT molecular complexity index is 849. The summed E-state index contributed by atoms with van der Waals surface area (Å²) in [5, 5.41) is 0. The van der Waals surface area contributed by atoms with E-state index in [9.17, 15) is 13.2 Å². The number of carbonyl (C=O) groups excluding carboxylic acids is 1. The fourth-order valence-electron chi connectivity index (χ4n) is 2.43. The highest BCUT2D eigenvalue weighted by Gasteiger charge is 2.24. The molecule has 140 valence electrons. The average Bonchev–Trinajstić information content (AvgIpc) is 2.62. The molecular weight excluding hydrogens is 416 g/mol. The first-order valence-corrected chi connectivity index (χ1v) is 10.5. The largest absolute Gasteiger partial charge is 0.340 e. The molecule has 26 heavy (non-hydrogen) atoms. The van der Waals surface area contributed by atoms with Gasteiger partial charge in [0.2, 0.25) is 15.9 Å². The van der Waals surface area contributed by atoms with Crippen LogP contribution in [-0.4, -0.2) is 44.2 Å². The van der Waals surface area contributed by atoms with Crippen LogP contribution in [0.25, 0.3) is 0 Å². The van der Waals surface area contributed by atoms with Gasteiger partial charge >= 0.3 is 0 Å². The van der Waals surface area contributed by atoms with E-state index in [1.54, 1.807) is 19.2 Å². The zero-order chi connectivity index (χ0) is 19.3. The van der Waals surface area contributed by atoms with Gasteiger partial charge in [-0.25, -0.2) is 8.42 Å². The van der Waals surface area contributed by atoms with Crippen molar-refractivity contribution in [3.05, 3.63) is 64.1 Å². The third kappa shape index (κ3) is 5.16. The number of rotatable bonds is 7. The number of sulfonamides is 1. The topological polar surface area (TPSA) is 57.7 Å². The normalized spacial score (nSPS) is 11.6. The highest BCUT2D eigenvalue weighted by Crippen LogP contribution is 2.18. The van der Waals surface area contributed by atoms with Crippen molar-refractivity contribution in [2.24, 2.45) is 0 Å². The van der Waals surface area contributed by atoms with E-state index < -0.39 is 10.0 Å². The summed E-state index contributed by atoms with van der Waals surface area (Å²) in [6.07, 6.45) is 0.966. The summed E-state index contributed by atoms with van der Waals surface area (Å²) in [7, 11) is -0.609. The number of hydrogen-bond donors (Lipinski definition) is 0. The molecule has 2 aromatic carbocycles. The number of halogens is 1. The van der Waals surface area contributed by atoms with Gasteiger partial charge in [0.05, 0.1) is 11.4 Å². The molecule has 0 N–H and O–H groups in total. The lowest BCUT2D eigenvalue weighted by Gasteiger charge is -2.22. The first-order chi connectivity index (χ1) is 12.2. The fraction of sp³-hybridized carbons (Fsp3) is 0.316. The van der Waals surface area contributed by atoms with Gasteiger partial charge < -0.3 is 4.90 Å². The van der Waals surface area contributed by atoms with Gasteiger partial charge in [-0.05, 0) is 41.8 Å². The van der Waals surface area contributed by atoms with E-state index in [0.717, 1.165) is 20.8 Å². The fourth-order valence-corrected chi connectivity index (χ4v) is 3.81. The van der Waals surface area contributed by atoms with Gasteiger partial charge in [-0.3, -0.25) is 4.79 Å². The summed E-state index contributed by atoms with van der Waals surface area (Å²) in [5.41, 5.74) is 2.25. The Kier molecular flexibility index (Phi) is 6.97. The van der Waals surface area contributed by atoms with Crippen LogP contribution in [0.4, 0.5) is 0 Å². The molecule has 0 bridgehead atoms. The van der Waals surface area contributed by atoms with Gasteiger partial charge in [-0.2, -0.15) is 4.31 Å².